The monoisotopic (exact) mass is 210 g/mol. The second-order valence-corrected chi connectivity index (χ2v) is 3.03. The quantitative estimate of drug-likeness (QED) is 0.697. The number of ether oxygens (including phenoxy) is 1. The van der Waals surface area contributed by atoms with Gasteiger partial charge in [-0.25, -0.2) is 4.39 Å². The fraction of sp³-hybridized carbons (Fsp3) is 0.111. The van der Waals surface area contributed by atoms with Gasteiger partial charge in [-0.1, -0.05) is 0 Å². The second kappa shape index (κ2) is 3.23. The Hall–Kier alpha value is -2.11. The van der Waals surface area contributed by atoms with Gasteiger partial charge in [0.05, 0.1) is 11.3 Å². The van der Waals surface area contributed by atoms with Crippen LogP contribution in [0.15, 0.2) is 12.1 Å². The summed E-state index contributed by atoms with van der Waals surface area (Å²) in [5.41, 5.74) is 4.92. The summed E-state index contributed by atoms with van der Waals surface area (Å²) in [6.45, 7) is -0.164. The van der Waals surface area contributed by atoms with Crippen LogP contribution < -0.4 is 15.8 Å². The minimum absolute atomic E-state index is 0.164. The predicted molar refractivity (Wildman–Crippen MR) is 49.0 cm³/mol. The van der Waals surface area contributed by atoms with Crippen molar-refractivity contribution in [1.82, 2.24) is 0 Å². The van der Waals surface area contributed by atoms with Crippen LogP contribution in [-0.2, 0) is 4.79 Å². The van der Waals surface area contributed by atoms with Crippen molar-refractivity contribution in [2.45, 2.75) is 0 Å². The van der Waals surface area contributed by atoms with Gasteiger partial charge in [0.2, 0.25) is 0 Å². The van der Waals surface area contributed by atoms with Crippen LogP contribution in [0.4, 0.5) is 10.1 Å². The molecule has 1 aliphatic heterocycles. The number of fused-ring (bicyclic) bond motifs is 1. The van der Waals surface area contributed by atoms with Crippen LogP contribution in [0.2, 0.25) is 0 Å². The molecule has 0 aromatic heterocycles. The number of nitrogens with one attached hydrogen (secondary N) is 1. The molecule has 0 aliphatic carbocycles. The molecule has 78 valence electrons. The number of carbonyl (C=O) groups excluding carboxylic acids is 2. The van der Waals surface area contributed by atoms with Gasteiger partial charge in [-0.05, 0) is 6.07 Å². The molecule has 1 aromatic carbocycles. The number of halogens is 1. The Balaban J connectivity index is 2.51. The zero-order valence-electron chi connectivity index (χ0n) is 7.54. The summed E-state index contributed by atoms with van der Waals surface area (Å²) < 4.78 is 18.2. The van der Waals surface area contributed by atoms with Crippen LogP contribution in [0.25, 0.3) is 0 Å². The van der Waals surface area contributed by atoms with E-state index in [4.69, 9.17) is 10.5 Å². The summed E-state index contributed by atoms with van der Waals surface area (Å²) in [6, 6.07) is 2.18. The molecule has 1 aliphatic rings. The molecular formula is C9H7FN2O3. The van der Waals surface area contributed by atoms with Crippen molar-refractivity contribution in [2.75, 3.05) is 11.9 Å². The van der Waals surface area contributed by atoms with Gasteiger partial charge in [0.25, 0.3) is 11.8 Å². The molecule has 1 heterocycles. The summed E-state index contributed by atoms with van der Waals surface area (Å²) in [5.74, 6) is -1.82. The molecule has 0 fully saturated rings. The number of hydrogen-bond acceptors (Lipinski definition) is 3. The normalized spacial score (nSPS) is 13.8. The number of anilines is 1. The van der Waals surface area contributed by atoms with Crippen LogP contribution in [0.1, 0.15) is 10.4 Å². The highest BCUT2D eigenvalue weighted by Crippen LogP contribution is 2.30. The van der Waals surface area contributed by atoms with E-state index >= 15 is 0 Å². The minimum atomic E-state index is -0.893. The molecule has 2 rings (SSSR count). The van der Waals surface area contributed by atoms with E-state index in [1.54, 1.807) is 0 Å². The highest BCUT2D eigenvalue weighted by atomic mass is 19.1. The average Bonchev–Trinajstić information content (AvgIpc) is 2.17. The molecule has 3 N–H and O–H groups in total. The highest BCUT2D eigenvalue weighted by molar-refractivity contribution is 5.99. The molecule has 0 atom stereocenters. The maximum absolute atomic E-state index is 13.2. The first kappa shape index (κ1) is 9.45. The Morgan fingerprint density at radius 2 is 2.27 bits per heavy atom. The van der Waals surface area contributed by atoms with Gasteiger partial charge >= 0.3 is 0 Å². The van der Waals surface area contributed by atoms with Crippen LogP contribution in [0.5, 0.6) is 5.75 Å². The first-order chi connectivity index (χ1) is 7.08. The number of rotatable bonds is 1. The van der Waals surface area contributed by atoms with Gasteiger partial charge in [-0.2, -0.15) is 0 Å². The number of benzene rings is 1. The molecule has 0 spiro atoms. The van der Waals surface area contributed by atoms with Crippen molar-refractivity contribution >= 4 is 17.5 Å². The first-order valence-electron chi connectivity index (χ1n) is 4.14. The SMILES string of the molecule is NC(=O)c1cc2c(cc1F)OCC(=O)N2. The highest BCUT2D eigenvalue weighted by Gasteiger charge is 2.20. The Bertz CT molecular complexity index is 459. The maximum atomic E-state index is 13.2. The van der Waals surface area contributed by atoms with E-state index in [0.717, 1.165) is 12.1 Å². The molecule has 1 aromatic rings. The Kier molecular flexibility index (Phi) is 2.03. The van der Waals surface area contributed by atoms with E-state index in [-0.39, 0.29) is 29.5 Å². The van der Waals surface area contributed by atoms with Crippen LogP contribution in [-0.4, -0.2) is 18.4 Å². The second-order valence-electron chi connectivity index (χ2n) is 3.03. The van der Waals surface area contributed by atoms with E-state index in [2.05, 4.69) is 5.32 Å². The van der Waals surface area contributed by atoms with Crippen molar-refractivity contribution in [3.05, 3.63) is 23.5 Å². The number of primary amides is 1. The van der Waals surface area contributed by atoms with Crippen molar-refractivity contribution in [3.8, 4) is 5.75 Å². The molecule has 15 heavy (non-hydrogen) atoms. The fourth-order valence-corrected chi connectivity index (χ4v) is 1.29. The van der Waals surface area contributed by atoms with E-state index < -0.39 is 11.7 Å². The molecule has 0 saturated carbocycles. The molecule has 5 nitrogen and oxygen atoms in total. The maximum Gasteiger partial charge on any atom is 0.262 e. The summed E-state index contributed by atoms with van der Waals surface area (Å²) in [4.78, 5) is 21.8. The lowest BCUT2D eigenvalue weighted by molar-refractivity contribution is -0.118. The minimum Gasteiger partial charge on any atom is -0.481 e. The Labute approximate surface area is 84.0 Å². The standard InChI is InChI=1S/C9H7FN2O3/c10-5-2-7-6(1-4(5)9(11)14)12-8(13)3-15-7/h1-2H,3H2,(H2,11,14)(H,12,13). The largest absolute Gasteiger partial charge is 0.481 e. The van der Waals surface area contributed by atoms with E-state index in [1.165, 1.54) is 0 Å². The van der Waals surface area contributed by atoms with Crippen molar-refractivity contribution in [1.29, 1.82) is 0 Å². The first-order valence-corrected chi connectivity index (χ1v) is 4.14. The van der Waals surface area contributed by atoms with Crippen molar-refractivity contribution < 1.29 is 18.7 Å². The fourth-order valence-electron chi connectivity index (χ4n) is 1.29. The molecule has 0 saturated heterocycles. The molecule has 0 bridgehead atoms. The third kappa shape index (κ3) is 1.61. The summed E-state index contributed by atoms with van der Waals surface area (Å²) in [5, 5.41) is 2.44. The van der Waals surface area contributed by atoms with Crippen LogP contribution in [0, 0.1) is 5.82 Å². The predicted octanol–water partition coefficient (Wildman–Crippen LogP) is 0.255. The van der Waals surface area contributed by atoms with Gasteiger partial charge in [-0.3, -0.25) is 9.59 Å². The van der Waals surface area contributed by atoms with Gasteiger partial charge in [0, 0.05) is 6.07 Å². The summed E-state index contributed by atoms with van der Waals surface area (Å²) in [7, 11) is 0. The molecular weight excluding hydrogens is 203 g/mol. The summed E-state index contributed by atoms with van der Waals surface area (Å²) in [6.07, 6.45) is 0. The van der Waals surface area contributed by atoms with Crippen LogP contribution in [0.3, 0.4) is 0 Å². The average molecular weight is 210 g/mol. The number of carbonyl (C=O) groups is 2. The third-order valence-electron chi connectivity index (χ3n) is 1.97. The van der Waals surface area contributed by atoms with E-state index in [0.29, 0.717) is 0 Å². The van der Waals surface area contributed by atoms with E-state index in [9.17, 15) is 14.0 Å². The Morgan fingerprint density at radius 1 is 1.53 bits per heavy atom. The van der Waals surface area contributed by atoms with Gasteiger partial charge in [0.1, 0.15) is 11.6 Å². The third-order valence-corrected chi connectivity index (χ3v) is 1.97. The molecule has 2 amide bonds. The molecule has 0 unspecified atom stereocenters. The number of nitrogens with two attached hydrogens (primary N) is 1. The topological polar surface area (TPSA) is 81.4 Å². The molecule has 0 radical (unpaired) electrons. The van der Waals surface area contributed by atoms with Crippen molar-refractivity contribution in [2.24, 2.45) is 5.73 Å². The van der Waals surface area contributed by atoms with E-state index in [1.807, 2.05) is 0 Å². The lowest BCUT2D eigenvalue weighted by Crippen LogP contribution is -2.26. The smallest absolute Gasteiger partial charge is 0.262 e. The molecule has 6 heteroatoms. The zero-order chi connectivity index (χ0) is 11.0. The Morgan fingerprint density at radius 3 is 2.93 bits per heavy atom. The van der Waals surface area contributed by atoms with Gasteiger partial charge < -0.3 is 15.8 Å². The lowest BCUT2D eigenvalue weighted by Gasteiger charge is -2.18. The lowest BCUT2D eigenvalue weighted by atomic mass is 10.1. The number of hydrogen-bond donors (Lipinski definition) is 2. The van der Waals surface area contributed by atoms with Crippen molar-refractivity contribution in [3.63, 3.8) is 0 Å². The van der Waals surface area contributed by atoms with Gasteiger partial charge in [-0.15, -0.1) is 0 Å². The zero-order valence-corrected chi connectivity index (χ0v) is 7.54. The van der Waals surface area contributed by atoms with Gasteiger partial charge in [0.15, 0.2) is 6.61 Å². The summed E-state index contributed by atoms with van der Waals surface area (Å²) >= 11 is 0. The number of amides is 2. The van der Waals surface area contributed by atoms with Crippen LogP contribution >= 0.6 is 0 Å².